The van der Waals surface area contributed by atoms with Crippen LogP contribution in [0, 0.1) is 0 Å². The minimum absolute atomic E-state index is 0. The Morgan fingerprint density at radius 1 is 1.08 bits per heavy atom. The summed E-state index contributed by atoms with van der Waals surface area (Å²) in [6, 6.07) is 0. The molecule has 0 unspecified atom stereocenters. The van der Waals surface area contributed by atoms with Crippen LogP contribution in [0.2, 0.25) is 0 Å². The van der Waals surface area contributed by atoms with Crippen LogP contribution in [0.5, 0.6) is 0 Å². The van der Waals surface area contributed by atoms with Crippen molar-refractivity contribution in [2.75, 3.05) is 0 Å². The number of phosphoric acid groups is 1. The normalized spacial score (nSPS) is 7.17. The fraction of sp³-hybridized carbons (Fsp3) is 0. The zero-order valence-electron chi connectivity index (χ0n) is 6.31. The maximum atomic E-state index is 8.77. The summed E-state index contributed by atoms with van der Waals surface area (Å²) < 4.78 is 8.77. The van der Waals surface area contributed by atoms with Crippen LogP contribution in [-0.2, 0) is 21.6 Å². The summed E-state index contributed by atoms with van der Waals surface area (Å²) in [7, 11) is -7.81. The van der Waals surface area contributed by atoms with Crippen molar-refractivity contribution in [3.8, 4) is 0 Å². The van der Waals surface area contributed by atoms with E-state index in [1.54, 1.807) is 0 Å². The molecule has 12 heteroatoms. The Labute approximate surface area is 104 Å². The van der Waals surface area contributed by atoms with Crippen molar-refractivity contribution in [3.05, 3.63) is 0 Å². The molecule has 0 radical (unpaired) electrons. The number of hydrogen-bond acceptors (Lipinski definition) is 5. The third-order valence-electron chi connectivity index (χ3n) is 0. The van der Waals surface area contributed by atoms with Crippen LogP contribution >= 0.6 is 7.82 Å². The Morgan fingerprint density at radius 2 is 1.08 bits per heavy atom. The molecule has 0 saturated carbocycles. The first-order chi connectivity index (χ1) is 3.73. The van der Waals surface area contributed by atoms with Gasteiger partial charge in [0.05, 0.1) is 0 Å². The molecule has 0 fully saturated rings. The fourth-order valence-electron chi connectivity index (χ4n) is 0. The van der Waals surface area contributed by atoms with Gasteiger partial charge in [-0.2, -0.15) is 0 Å². The Morgan fingerprint density at radius 3 is 1.08 bits per heavy atom. The molecule has 0 aromatic rings. The summed E-state index contributed by atoms with van der Waals surface area (Å²) in [5, 5.41) is 25.2. The molecule has 0 rings (SSSR count). The molecule has 0 aliphatic carbocycles. The maximum absolute atomic E-state index is 8.77. The third kappa shape index (κ3) is 436. The molecular formula is H2BFeLi2O7P. The summed E-state index contributed by atoms with van der Waals surface area (Å²) in [6.07, 6.45) is 0. The molecule has 0 aromatic heterocycles. The average Bonchev–Trinajstić information content (AvgIpc) is 1.19. The SMILES string of the molecule is O=P([O-])(O)O.[Fe+2].[Li+].[Li+].[O-]B([O-])[O-]. The van der Waals surface area contributed by atoms with Crippen molar-refractivity contribution in [2.45, 2.75) is 0 Å². The molecule has 0 amide bonds. The average molecular weight is 226 g/mol. The first-order valence-electron chi connectivity index (χ1n) is 1.47. The molecule has 0 saturated heterocycles. The summed E-state index contributed by atoms with van der Waals surface area (Å²) in [5.74, 6) is 0. The second kappa shape index (κ2) is 15.3. The van der Waals surface area contributed by atoms with Crippen LogP contribution in [0.3, 0.4) is 0 Å². The molecule has 2 N–H and O–H groups in total. The van der Waals surface area contributed by atoms with Crippen LogP contribution < -0.4 is 57.7 Å². The molecule has 0 heterocycles. The largest absolute Gasteiger partial charge is 2.00 e. The van der Waals surface area contributed by atoms with Crippen LogP contribution in [-0.4, -0.2) is 17.1 Å². The van der Waals surface area contributed by atoms with Gasteiger partial charge in [-0.15, -0.1) is 0 Å². The van der Waals surface area contributed by atoms with Crippen LogP contribution in [0.4, 0.5) is 0 Å². The van der Waals surface area contributed by atoms with E-state index in [1.165, 1.54) is 0 Å². The zero-order valence-corrected chi connectivity index (χ0v) is 8.31. The molecule has 0 aromatic carbocycles. The van der Waals surface area contributed by atoms with Crippen molar-refractivity contribution >= 4 is 15.1 Å². The van der Waals surface area contributed by atoms with E-state index in [9.17, 15) is 0 Å². The van der Waals surface area contributed by atoms with Crippen LogP contribution in [0.1, 0.15) is 0 Å². The first kappa shape index (κ1) is 29.2. The van der Waals surface area contributed by atoms with Gasteiger partial charge in [0, 0.05) is 0 Å². The van der Waals surface area contributed by atoms with Crippen molar-refractivity contribution < 1.29 is 89.1 Å². The molecule has 0 atom stereocenters. The van der Waals surface area contributed by atoms with Gasteiger partial charge in [-0.3, -0.25) is 11.9 Å². The van der Waals surface area contributed by atoms with E-state index in [4.69, 9.17) is 34.3 Å². The molecule has 62 valence electrons. The summed E-state index contributed by atoms with van der Waals surface area (Å²) in [6.45, 7) is 0. The van der Waals surface area contributed by atoms with Crippen molar-refractivity contribution in [1.29, 1.82) is 0 Å². The monoisotopic (exact) mass is 226 g/mol. The standard InChI is InChI=1S/BO3.Fe.2Li.H3O4P/c2-1(3)4;;;;1-5(2,3)4/h;;;;(H3,1,2,3,4)/q-3;+2;2*+1;/p-1. The van der Waals surface area contributed by atoms with E-state index < -0.39 is 15.1 Å². The van der Waals surface area contributed by atoms with Crippen molar-refractivity contribution in [3.63, 3.8) is 0 Å². The molecular weight excluding hydrogens is 224 g/mol. The summed E-state index contributed by atoms with van der Waals surface area (Å²) >= 11 is 0. The summed E-state index contributed by atoms with van der Waals surface area (Å²) in [4.78, 5) is 22.9. The van der Waals surface area contributed by atoms with E-state index in [0.717, 1.165) is 0 Å². The Bertz CT molecular complexity index is 92.6. The molecule has 0 aliphatic rings. The van der Waals surface area contributed by atoms with E-state index in [1.807, 2.05) is 0 Å². The van der Waals surface area contributed by atoms with Gasteiger partial charge in [0.2, 0.25) is 0 Å². The van der Waals surface area contributed by atoms with Gasteiger partial charge in [-0.25, -0.2) is 0 Å². The third-order valence-corrected chi connectivity index (χ3v) is 0. The van der Waals surface area contributed by atoms with Crippen molar-refractivity contribution in [1.82, 2.24) is 0 Å². The Kier molecular flexibility index (Phi) is 37.1. The van der Waals surface area contributed by atoms with E-state index in [0.29, 0.717) is 0 Å². The molecule has 7 nitrogen and oxygen atoms in total. The second-order valence-corrected chi connectivity index (χ2v) is 1.76. The molecule has 0 bridgehead atoms. The van der Waals surface area contributed by atoms with E-state index in [-0.39, 0.29) is 54.8 Å². The minimum atomic E-state index is -4.89. The van der Waals surface area contributed by atoms with Gasteiger partial charge in [0.1, 0.15) is 0 Å². The van der Waals surface area contributed by atoms with Crippen molar-refractivity contribution in [2.24, 2.45) is 0 Å². The molecule has 0 spiro atoms. The van der Waals surface area contributed by atoms with Crippen LogP contribution in [0.15, 0.2) is 0 Å². The van der Waals surface area contributed by atoms with Gasteiger partial charge < -0.3 is 29.8 Å². The predicted molar refractivity (Wildman–Crippen MR) is 17.8 cm³/mol. The minimum Gasteiger partial charge on any atom is -0.907 e. The van der Waals surface area contributed by atoms with Gasteiger partial charge in [0.25, 0.3) is 7.82 Å². The van der Waals surface area contributed by atoms with Gasteiger partial charge in [-0.1, -0.05) is 0 Å². The fourth-order valence-corrected chi connectivity index (χ4v) is 0. The quantitative estimate of drug-likeness (QED) is 0.307. The number of rotatable bonds is 0. The molecule has 0 aliphatic heterocycles. The predicted octanol–water partition coefficient (Wildman–Crippen LogP) is -11.5. The summed E-state index contributed by atoms with van der Waals surface area (Å²) in [5.41, 5.74) is 0. The Hall–Kier alpha value is 1.77. The van der Waals surface area contributed by atoms with Gasteiger partial charge in [-0.05, 0) is 0 Å². The number of hydrogen-bond donors (Lipinski definition) is 2. The topological polar surface area (TPSA) is 150 Å². The smallest absolute Gasteiger partial charge is 0.907 e. The zero-order chi connectivity index (χ0) is 8.08. The van der Waals surface area contributed by atoms with Gasteiger partial charge >= 0.3 is 54.8 Å². The van der Waals surface area contributed by atoms with Gasteiger partial charge in [0.15, 0.2) is 0 Å². The second-order valence-electron chi connectivity index (χ2n) is 0.779. The van der Waals surface area contributed by atoms with E-state index in [2.05, 4.69) is 0 Å². The maximum Gasteiger partial charge on any atom is 2.00 e. The first-order valence-corrected chi connectivity index (χ1v) is 3.00. The Balaban J connectivity index is -0.0000000221. The van der Waals surface area contributed by atoms with E-state index >= 15 is 0 Å². The van der Waals surface area contributed by atoms with Crippen LogP contribution in [0.25, 0.3) is 0 Å². The molecule has 12 heavy (non-hydrogen) atoms.